The summed E-state index contributed by atoms with van der Waals surface area (Å²) in [5.41, 5.74) is 8.53. The molecular weight excluding hydrogens is 238 g/mol. The average molecular weight is 263 g/mol. The van der Waals surface area contributed by atoms with E-state index in [2.05, 4.69) is 48.0 Å². The topological polar surface area (TPSA) is 41.7 Å². The minimum atomic E-state index is -0.105. The molecule has 0 aliphatic carbocycles. The Balaban J connectivity index is 2.42. The molecule has 1 aromatic rings. The molecule has 0 amide bonds. The van der Waals surface area contributed by atoms with Gasteiger partial charge < -0.3 is 20.3 Å². The summed E-state index contributed by atoms with van der Waals surface area (Å²) < 4.78 is 5.45. The monoisotopic (exact) mass is 263 g/mol. The highest BCUT2D eigenvalue weighted by Crippen LogP contribution is 2.37. The Labute approximate surface area is 116 Å². The molecule has 1 aliphatic rings. The molecule has 2 rings (SSSR count). The molecule has 1 atom stereocenters. The molecule has 0 saturated heterocycles. The Hall–Kier alpha value is -1.26. The van der Waals surface area contributed by atoms with Crippen molar-refractivity contribution in [1.29, 1.82) is 0 Å². The van der Waals surface area contributed by atoms with Gasteiger partial charge >= 0.3 is 0 Å². The largest absolute Gasteiger partial charge is 0.382 e. The van der Waals surface area contributed by atoms with Crippen LogP contribution in [0.5, 0.6) is 0 Å². The van der Waals surface area contributed by atoms with E-state index in [4.69, 9.17) is 10.5 Å². The lowest BCUT2D eigenvalue weighted by atomic mass is 9.92. The first-order valence-electron chi connectivity index (χ1n) is 6.95. The van der Waals surface area contributed by atoms with Gasteiger partial charge in [-0.05, 0) is 18.6 Å². The van der Waals surface area contributed by atoms with Crippen LogP contribution >= 0.6 is 0 Å². The van der Waals surface area contributed by atoms with E-state index in [9.17, 15) is 0 Å². The zero-order valence-electron chi connectivity index (χ0n) is 12.2. The van der Waals surface area contributed by atoms with Crippen LogP contribution in [0.25, 0.3) is 0 Å². The molecule has 0 aromatic heterocycles. The highest BCUT2D eigenvalue weighted by Gasteiger charge is 2.37. The Morgan fingerprint density at radius 3 is 2.53 bits per heavy atom. The third kappa shape index (κ3) is 2.42. The quantitative estimate of drug-likeness (QED) is 0.878. The van der Waals surface area contributed by atoms with Crippen LogP contribution in [0.4, 0.5) is 11.4 Å². The maximum absolute atomic E-state index is 6.09. The molecule has 0 spiro atoms. The summed E-state index contributed by atoms with van der Waals surface area (Å²) in [5, 5.41) is 0. The third-order valence-electron chi connectivity index (χ3n) is 4.27. The van der Waals surface area contributed by atoms with Gasteiger partial charge in [-0.15, -0.1) is 0 Å². The lowest BCUT2D eigenvalue weighted by Gasteiger charge is -2.48. The Kier molecular flexibility index (Phi) is 4.32. The number of nitrogens with two attached hydrogens (primary N) is 1. The van der Waals surface area contributed by atoms with Crippen LogP contribution in [0, 0.1) is 0 Å². The maximum atomic E-state index is 6.09. The lowest BCUT2D eigenvalue weighted by Crippen LogP contribution is -2.60. The van der Waals surface area contributed by atoms with Gasteiger partial charge in [0.05, 0.1) is 23.5 Å². The summed E-state index contributed by atoms with van der Waals surface area (Å²) in [4.78, 5) is 4.74. The smallest absolute Gasteiger partial charge is 0.0755 e. The van der Waals surface area contributed by atoms with Gasteiger partial charge in [0.15, 0.2) is 0 Å². The van der Waals surface area contributed by atoms with Crippen LogP contribution in [-0.4, -0.2) is 45.9 Å². The van der Waals surface area contributed by atoms with E-state index < -0.39 is 0 Å². The molecule has 1 unspecified atom stereocenters. The summed E-state index contributed by atoms with van der Waals surface area (Å²) in [6.07, 6.45) is 0.982. The molecule has 0 saturated carbocycles. The standard InChI is InChI=1S/C15H25N3O/c1-4-15(11-16,12-19-3)18-10-9-17(2)13-7-5-6-8-14(13)18/h5-8H,4,9-12,16H2,1-3H3. The second-order valence-electron chi connectivity index (χ2n) is 5.28. The number of likely N-dealkylation sites (N-methyl/N-ethyl adjacent to an activating group) is 1. The van der Waals surface area contributed by atoms with Crippen LogP contribution in [-0.2, 0) is 4.74 Å². The van der Waals surface area contributed by atoms with E-state index >= 15 is 0 Å². The fourth-order valence-corrected chi connectivity index (χ4v) is 2.95. The number of benzene rings is 1. The summed E-state index contributed by atoms with van der Waals surface area (Å²) in [7, 11) is 3.89. The number of fused-ring (bicyclic) bond motifs is 1. The van der Waals surface area contributed by atoms with Gasteiger partial charge in [-0.2, -0.15) is 0 Å². The second-order valence-corrected chi connectivity index (χ2v) is 5.28. The molecular formula is C15H25N3O. The van der Waals surface area contributed by atoms with E-state index in [1.165, 1.54) is 11.4 Å². The Bertz CT molecular complexity index is 418. The van der Waals surface area contributed by atoms with Crippen LogP contribution in [0.1, 0.15) is 13.3 Å². The fourth-order valence-electron chi connectivity index (χ4n) is 2.95. The molecule has 1 heterocycles. The Morgan fingerprint density at radius 2 is 1.95 bits per heavy atom. The van der Waals surface area contributed by atoms with Gasteiger partial charge in [-0.25, -0.2) is 0 Å². The van der Waals surface area contributed by atoms with E-state index in [1.54, 1.807) is 7.11 Å². The van der Waals surface area contributed by atoms with Crippen molar-refractivity contribution in [3.8, 4) is 0 Å². The minimum absolute atomic E-state index is 0.105. The summed E-state index contributed by atoms with van der Waals surface area (Å²) in [5.74, 6) is 0. The van der Waals surface area contributed by atoms with Gasteiger partial charge in [0.25, 0.3) is 0 Å². The fraction of sp³-hybridized carbons (Fsp3) is 0.600. The Morgan fingerprint density at radius 1 is 1.26 bits per heavy atom. The van der Waals surface area contributed by atoms with Crippen LogP contribution in [0.2, 0.25) is 0 Å². The number of methoxy groups -OCH3 is 1. The van der Waals surface area contributed by atoms with E-state index in [1.807, 2.05) is 0 Å². The summed E-state index contributed by atoms with van der Waals surface area (Å²) >= 11 is 0. The van der Waals surface area contributed by atoms with Gasteiger partial charge in [-0.3, -0.25) is 0 Å². The van der Waals surface area contributed by atoms with Crippen molar-refractivity contribution in [2.24, 2.45) is 5.73 Å². The number of hydrogen-bond acceptors (Lipinski definition) is 4. The molecule has 4 heteroatoms. The third-order valence-corrected chi connectivity index (χ3v) is 4.27. The predicted molar refractivity (Wildman–Crippen MR) is 81.0 cm³/mol. The van der Waals surface area contributed by atoms with Crippen molar-refractivity contribution in [1.82, 2.24) is 0 Å². The number of para-hydroxylation sites is 2. The van der Waals surface area contributed by atoms with Crippen molar-refractivity contribution in [3.05, 3.63) is 24.3 Å². The van der Waals surface area contributed by atoms with Crippen molar-refractivity contribution in [2.45, 2.75) is 18.9 Å². The van der Waals surface area contributed by atoms with Crippen molar-refractivity contribution in [2.75, 3.05) is 50.2 Å². The van der Waals surface area contributed by atoms with Gasteiger partial charge in [0.2, 0.25) is 0 Å². The molecule has 1 aromatic carbocycles. The predicted octanol–water partition coefficient (Wildman–Crippen LogP) is 1.70. The van der Waals surface area contributed by atoms with Gasteiger partial charge in [0.1, 0.15) is 0 Å². The number of anilines is 2. The first-order chi connectivity index (χ1) is 9.18. The summed E-state index contributed by atoms with van der Waals surface area (Å²) in [6.45, 7) is 5.46. The molecule has 0 bridgehead atoms. The number of hydrogen-bond donors (Lipinski definition) is 1. The van der Waals surface area contributed by atoms with Crippen molar-refractivity contribution >= 4 is 11.4 Å². The van der Waals surface area contributed by atoms with Crippen LogP contribution in [0.15, 0.2) is 24.3 Å². The van der Waals surface area contributed by atoms with Gasteiger partial charge in [-0.1, -0.05) is 19.1 Å². The number of rotatable bonds is 5. The second kappa shape index (κ2) is 5.80. The highest BCUT2D eigenvalue weighted by atomic mass is 16.5. The molecule has 0 fully saturated rings. The minimum Gasteiger partial charge on any atom is -0.382 e. The molecule has 4 nitrogen and oxygen atoms in total. The van der Waals surface area contributed by atoms with Gasteiger partial charge in [0, 0.05) is 33.8 Å². The normalized spacial score (nSPS) is 18.1. The van der Waals surface area contributed by atoms with Crippen LogP contribution < -0.4 is 15.5 Å². The van der Waals surface area contributed by atoms with E-state index in [0.717, 1.165) is 19.5 Å². The average Bonchev–Trinajstić information content (AvgIpc) is 2.46. The SMILES string of the molecule is CCC(CN)(COC)N1CCN(C)c2ccccc21. The van der Waals surface area contributed by atoms with E-state index in [-0.39, 0.29) is 5.54 Å². The van der Waals surface area contributed by atoms with Crippen molar-refractivity contribution < 1.29 is 4.74 Å². The molecule has 2 N–H and O–H groups in total. The molecule has 106 valence electrons. The lowest BCUT2D eigenvalue weighted by molar-refractivity contribution is 0.127. The molecule has 1 aliphatic heterocycles. The molecule has 0 radical (unpaired) electrons. The number of ether oxygens (including phenoxy) is 1. The van der Waals surface area contributed by atoms with E-state index in [0.29, 0.717) is 13.2 Å². The number of nitrogens with zero attached hydrogens (tertiary/aromatic N) is 2. The summed E-state index contributed by atoms with van der Waals surface area (Å²) in [6, 6.07) is 8.53. The zero-order valence-corrected chi connectivity index (χ0v) is 12.2. The first-order valence-corrected chi connectivity index (χ1v) is 6.95. The van der Waals surface area contributed by atoms with Crippen LogP contribution in [0.3, 0.4) is 0 Å². The maximum Gasteiger partial charge on any atom is 0.0755 e. The first kappa shape index (κ1) is 14.2. The highest BCUT2D eigenvalue weighted by molar-refractivity contribution is 5.74. The molecule has 19 heavy (non-hydrogen) atoms. The van der Waals surface area contributed by atoms with Crippen molar-refractivity contribution in [3.63, 3.8) is 0 Å². The zero-order chi connectivity index (χ0) is 13.9.